The van der Waals surface area contributed by atoms with E-state index in [1.807, 2.05) is 6.07 Å². The summed E-state index contributed by atoms with van der Waals surface area (Å²) in [5, 5.41) is 5.42. The van der Waals surface area contributed by atoms with Gasteiger partial charge in [-0.1, -0.05) is 17.7 Å². The molecule has 0 radical (unpaired) electrons. The number of H-pyrrole nitrogens is 1. The number of hydrogen-bond donors (Lipinski definition) is 1. The summed E-state index contributed by atoms with van der Waals surface area (Å²) < 4.78 is 16.7. The van der Waals surface area contributed by atoms with Crippen molar-refractivity contribution in [1.29, 1.82) is 0 Å². The molecule has 0 bridgehead atoms. The van der Waals surface area contributed by atoms with Gasteiger partial charge in [0.25, 0.3) is 5.91 Å². The molecule has 1 amide bonds. The fraction of sp³-hybridized carbons (Fsp3) is 0.143. The van der Waals surface area contributed by atoms with Crippen molar-refractivity contribution in [3.05, 3.63) is 81.9 Å². The van der Waals surface area contributed by atoms with E-state index in [1.165, 1.54) is 17.4 Å². The zero-order valence-corrected chi connectivity index (χ0v) is 17.5. The van der Waals surface area contributed by atoms with Gasteiger partial charge < -0.3 is 9.88 Å². The average Bonchev–Trinajstić information content (AvgIpc) is 3.50. The monoisotopic (exact) mass is 452 g/mol. The highest BCUT2D eigenvalue weighted by molar-refractivity contribution is 7.18. The molecule has 5 aromatic rings. The normalized spacial score (nSPS) is 16.2. The van der Waals surface area contributed by atoms with Crippen LogP contribution in [0.2, 0.25) is 5.02 Å². The lowest BCUT2D eigenvalue weighted by atomic mass is 10.0. The Morgan fingerprint density at radius 1 is 1.32 bits per heavy atom. The van der Waals surface area contributed by atoms with Crippen LogP contribution in [0, 0.1) is 5.82 Å². The van der Waals surface area contributed by atoms with E-state index < -0.39 is 6.04 Å². The first-order valence-electron chi connectivity index (χ1n) is 9.61. The maximum Gasteiger partial charge on any atom is 0.258 e. The molecule has 10 heteroatoms. The molecule has 0 spiro atoms. The van der Waals surface area contributed by atoms with E-state index >= 15 is 0 Å². The second kappa shape index (κ2) is 6.86. The Morgan fingerprint density at radius 2 is 2.23 bits per heavy atom. The molecule has 1 aromatic carbocycles. The number of aromatic nitrogens is 5. The minimum atomic E-state index is -0.520. The second-order valence-electron chi connectivity index (χ2n) is 7.29. The number of rotatable bonds is 2. The van der Waals surface area contributed by atoms with Crippen LogP contribution >= 0.6 is 22.9 Å². The molecule has 6 rings (SSSR count). The summed E-state index contributed by atoms with van der Waals surface area (Å²) in [6.45, 7) is 0.467. The first kappa shape index (κ1) is 18.5. The molecule has 0 fully saturated rings. The summed E-state index contributed by atoms with van der Waals surface area (Å²) in [4.78, 5) is 27.6. The van der Waals surface area contributed by atoms with Crippen LogP contribution in [-0.4, -0.2) is 41.9 Å². The number of imidazole rings is 1. The number of benzene rings is 1. The van der Waals surface area contributed by atoms with Crippen LogP contribution in [0.25, 0.3) is 15.7 Å². The van der Waals surface area contributed by atoms with Crippen LogP contribution < -0.4 is 0 Å². The largest absolute Gasteiger partial charge is 0.348 e. The van der Waals surface area contributed by atoms with Gasteiger partial charge in [-0.25, -0.2) is 18.9 Å². The second-order valence-corrected chi connectivity index (χ2v) is 8.79. The standard InChI is InChI=1S/C21H14ClFN6OS/c22-11-4-7-29-15(8-11)12(9-26-29)21(30)28-6-5-14-18(25-10-24-14)19(28)20-27-17-13(23)2-1-3-16(17)31-20/h1-4,7-10,19H,5-6H2,(H,24,25)/t19-/m0/s1. The van der Waals surface area contributed by atoms with Crippen LogP contribution in [0.5, 0.6) is 0 Å². The SMILES string of the molecule is O=C(c1cnn2ccc(Cl)cc12)N1CCc2[nH]cnc2[C@H]1c1nc2c(F)cccc2s1. The predicted octanol–water partition coefficient (Wildman–Crippen LogP) is 4.25. The molecule has 0 saturated heterocycles. The molecule has 0 unspecified atom stereocenters. The Bertz CT molecular complexity index is 1470. The maximum atomic E-state index is 14.3. The maximum absolute atomic E-state index is 14.3. The number of amides is 1. The van der Waals surface area contributed by atoms with Gasteiger partial charge in [0.2, 0.25) is 0 Å². The van der Waals surface area contributed by atoms with Crippen molar-refractivity contribution in [1.82, 2.24) is 29.5 Å². The highest BCUT2D eigenvalue weighted by Crippen LogP contribution is 2.38. The quantitative estimate of drug-likeness (QED) is 0.434. The molecule has 5 heterocycles. The summed E-state index contributed by atoms with van der Waals surface area (Å²) in [6, 6.07) is 7.78. The first-order chi connectivity index (χ1) is 15.1. The highest BCUT2D eigenvalue weighted by atomic mass is 35.5. The Morgan fingerprint density at radius 3 is 3.10 bits per heavy atom. The predicted molar refractivity (Wildman–Crippen MR) is 115 cm³/mol. The van der Waals surface area contributed by atoms with Gasteiger partial charge in [0.05, 0.1) is 34.0 Å². The number of aromatic amines is 1. The topological polar surface area (TPSA) is 79.2 Å². The smallest absolute Gasteiger partial charge is 0.258 e. The third-order valence-corrected chi connectivity index (χ3v) is 6.83. The molecule has 1 aliphatic heterocycles. The highest BCUT2D eigenvalue weighted by Gasteiger charge is 2.37. The number of halogens is 2. The van der Waals surface area contributed by atoms with Gasteiger partial charge >= 0.3 is 0 Å². The van der Waals surface area contributed by atoms with Gasteiger partial charge in [0.15, 0.2) is 0 Å². The van der Waals surface area contributed by atoms with E-state index in [-0.39, 0.29) is 11.7 Å². The number of pyridine rings is 1. The average molecular weight is 453 g/mol. The van der Waals surface area contributed by atoms with Crippen molar-refractivity contribution in [2.45, 2.75) is 12.5 Å². The lowest BCUT2D eigenvalue weighted by Crippen LogP contribution is -2.40. The molecule has 0 saturated carbocycles. The van der Waals surface area contributed by atoms with Crippen LogP contribution in [0.1, 0.15) is 32.8 Å². The van der Waals surface area contributed by atoms with E-state index in [4.69, 9.17) is 11.6 Å². The molecule has 4 aromatic heterocycles. The van der Waals surface area contributed by atoms with E-state index in [2.05, 4.69) is 20.1 Å². The molecule has 1 atom stereocenters. The third kappa shape index (κ3) is 2.84. The Labute approximate surface area is 184 Å². The molecule has 1 N–H and O–H groups in total. The van der Waals surface area contributed by atoms with E-state index in [9.17, 15) is 9.18 Å². The number of carbonyl (C=O) groups excluding carboxylic acids is 1. The zero-order chi connectivity index (χ0) is 21.1. The summed E-state index contributed by atoms with van der Waals surface area (Å²) in [6.07, 6.45) is 5.51. The fourth-order valence-corrected chi connectivity index (χ4v) is 5.33. The Balaban J connectivity index is 1.50. The Hall–Kier alpha value is -3.30. The van der Waals surface area contributed by atoms with Crippen molar-refractivity contribution in [3.8, 4) is 0 Å². The number of nitrogens with one attached hydrogen (secondary N) is 1. The number of para-hydroxylation sites is 1. The van der Waals surface area contributed by atoms with Crippen LogP contribution in [0.4, 0.5) is 4.39 Å². The lowest BCUT2D eigenvalue weighted by Gasteiger charge is -2.33. The molecule has 1 aliphatic rings. The molecular weight excluding hydrogens is 439 g/mol. The summed E-state index contributed by atoms with van der Waals surface area (Å²) in [7, 11) is 0. The van der Waals surface area contributed by atoms with Crippen LogP contribution in [0.15, 0.2) is 49.1 Å². The van der Waals surface area contributed by atoms with E-state index in [0.717, 1.165) is 16.1 Å². The number of hydrogen-bond acceptors (Lipinski definition) is 5. The number of thiazole rings is 1. The van der Waals surface area contributed by atoms with Crippen molar-refractivity contribution in [2.24, 2.45) is 0 Å². The number of fused-ring (bicyclic) bond motifs is 3. The van der Waals surface area contributed by atoms with Crippen molar-refractivity contribution in [2.75, 3.05) is 6.54 Å². The number of carbonyl (C=O) groups is 1. The number of nitrogens with zero attached hydrogens (tertiary/aromatic N) is 5. The minimum Gasteiger partial charge on any atom is -0.348 e. The molecule has 7 nitrogen and oxygen atoms in total. The molecule has 154 valence electrons. The first-order valence-corrected chi connectivity index (χ1v) is 10.8. The van der Waals surface area contributed by atoms with Crippen molar-refractivity contribution in [3.63, 3.8) is 0 Å². The third-order valence-electron chi connectivity index (χ3n) is 5.52. The van der Waals surface area contributed by atoms with Gasteiger partial charge in [-0.05, 0) is 24.3 Å². The van der Waals surface area contributed by atoms with Gasteiger partial charge in [0.1, 0.15) is 22.4 Å². The zero-order valence-electron chi connectivity index (χ0n) is 15.9. The fourth-order valence-electron chi connectivity index (χ4n) is 4.07. The van der Waals surface area contributed by atoms with E-state index in [1.54, 1.807) is 46.3 Å². The van der Waals surface area contributed by atoms with Gasteiger partial charge in [-0.15, -0.1) is 11.3 Å². The van der Waals surface area contributed by atoms with Gasteiger partial charge in [0, 0.05) is 29.9 Å². The summed E-state index contributed by atoms with van der Waals surface area (Å²) in [5.41, 5.74) is 3.06. The molecule has 31 heavy (non-hydrogen) atoms. The molecular formula is C21H14ClFN6OS. The lowest BCUT2D eigenvalue weighted by molar-refractivity contribution is 0.0692. The molecule has 0 aliphatic carbocycles. The van der Waals surface area contributed by atoms with Gasteiger partial charge in [-0.3, -0.25) is 4.79 Å². The van der Waals surface area contributed by atoms with Crippen molar-refractivity contribution >= 4 is 44.6 Å². The Kier molecular flexibility index (Phi) is 4.09. The van der Waals surface area contributed by atoms with Gasteiger partial charge in [-0.2, -0.15) is 5.10 Å². The summed E-state index contributed by atoms with van der Waals surface area (Å²) in [5.74, 6) is -0.580. The summed E-state index contributed by atoms with van der Waals surface area (Å²) >= 11 is 7.52. The van der Waals surface area contributed by atoms with Crippen molar-refractivity contribution < 1.29 is 9.18 Å². The van der Waals surface area contributed by atoms with Crippen LogP contribution in [0.3, 0.4) is 0 Å². The van der Waals surface area contributed by atoms with Crippen LogP contribution in [-0.2, 0) is 6.42 Å². The minimum absolute atomic E-state index is 0.198. The van der Waals surface area contributed by atoms with E-state index in [0.29, 0.717) is 39.6 Å².